The molecule has 0 atom stereocenters. The molecule has 0 unspecified atom stereocenters. The fourth-order valence-corrected chi connectivity index (χ4v) is 3.22. The Morgan fingerprint density at radius 3 is 2.17 bits per heavy atom. The van der Waals surface area contributed by atoms with Crippen molar-refractivity contribution in [2.45, 2.75) is 58.4 Å². The highest BCUT2D eigenvalue weighted by atomic mass is 16.2. The summed E-state index contributed by atoms with van der Waals surface area (Å²) in [6, 6.07) is 0.634. The molecule has 0 aromatic carbocycles. The molecule has 2 rings (SSSR count). The van der Waals surface area contributed by atoms with Gasteiger partial charge in [0.25, 0.3) is 0 Å². The predicted octanol–water partition coefficient (Wildman–Crippen LogP) is 2.41. The third-order valence-electron chi connectivity index (χ3n) is 4.91. The van der Waals surface area contributed by atoms with Crippen LogP contribution in [0.1, 0.15) is 52.4 Å². The highest BCUT2D eigenvalue weighted by Crippen LogP contribution is 2.32. The van der Waals surface area contributed by atoms with E-state index in [1.54, 1.807) is 0 Å². The zero-order valence-corrected chi connectivity index (χ0v) is 12.2. The molecule has 1 amide bonds. The average Bonchev–Trinajstić information content (AvgIpc) is 2.38. The van der Waals surface area contributed by atoms with Gasteiger partial charge in [0.15, 0.2) is 0 Å². The topological polar surface area (TPSA) is 32.3 Å². The summed E-state index contributed by atoms with van der Waals surface area (Å²) in [5.74, 6) is 0.732. The maximum absolute atomic E-state index is 12.5. The molecule has 1 saturated heterocycles. The first-order chi connectivity index (χ1) is 8.52. The minimum absolute atomic E-state index is 0.302. The van der Waals surface area contributed by atoms with Gasteiger partial charge in [-0.25, -0.2) is 0 Å². The first-order valence-electron chi connectivity index (χ1n) is 7.48. The first-order valence-corrected chi connectivity index (χ1v) is 7.48. The number of rotatable bonds is 2. The van der Waals surface area contributed by atoms with Crippen molar-refractivity contribution in [3.05, 3.63) is 0 Å². The molecule has 0 aromatic rings. The number of nitrogens with one attached hydrogen (secondary N) is 1. The van der Waals surface area contributed by atoms with Gasteiger partial charge in [-0.3, -0.25) is 4.79 Å². The normalized spacial score (nSPS) is 32.3. The van der Waals surface area contributed by atoms with Crippen LogP contribution in [0.15, 0.2) is 0 Å². The summed E-state index contributed by atoms with van der Waals surface area (Å²) in [6.07, 6.45) is 6.78. The molecular formula is C15H28N2O. The van der Waals surface area contributed by atoms with Gasteiger partial charge in [0.05, 0.1) is 0 Å². The molecule has 0 aromatic heterocycles. The van der Waals surface area contributed by atoms with Crippen LogP contribution < -0.4 is 5.32 Å². The first kappa shape index (κ1) is 13.9. The number of carbonyl (C=O) groups is 1. The molecule has 0 spiro atoms. The smallest absolute Gasteiger partial charge is 0.225 e. The van der Waals surface area contributed by atoms with E-state index in [0.29, 0.717) is 23.3 Å². The minimum atomic E-state index is 0.302. The van der Waals surface area contributed by atoms with E-state index in [1.807, 2.05) is 7.05 Å². The van der Waals surface area contributed by atoms with Crippen LogP contribution in [0.2, 0.25) is 0 Å². The van der Waals surface area contributed by atoms with Gasteiger partial charge in [-0.1, -0.05) is 13.8 Å². The Bertz CT molecular complexity index is 283. The number of nitrogens with zero attached hydrogens (tertiary/aromatic N) is 1. The molecule has 3 heteroatoms. The van der Waals surface area contributed by atoms with Gasteiger partial charge in [-0.15, -0.1) is 0 Å². The molecule has 0 radical (unpaired) electrons. The van der Waals surface area contributed by atoms with Crippen molar-refractivity contribution in [1.29, 1.82) is 0 Å². The van der Waals surface area contributed by atoms with E-state index < -0.39 is 0 Å². The van der Waals surface area contributed by atoms with Crippen molar-refractivity contribution in [3.63, 3.8) is 0 Å². The van der Waals surface area contributed by atoms with Crippen LogP contribution in [-0.2, 0) is 4.79 Å². The minimum Gasteiger partial charge on any atom is -0.342 e. The maximum Gasteiger partial charge on any atom is 0.225 e. The van der Waals surface area contributed by atoms with E-state index >= 15 is 0 Å². The molecule has 1 N–H and O–H groups in total. The quantitative estimate of drug-likeness (QED) is 0.818. The lowest BCUT2D eigenvalue weighted by molar-refractivity contribution is -0.138. The van der Waals surface area contributed by atoms with Crippen LogP contribution in [0.3, 0.4) is 0 Å². The van der Waals surface area contributed by atoms with Crippen LogP contribution in [0, 0.1) is 11.3 Å². The Morgan fingerprint density at radius 2 is 1.67 bits per heavy atom. The molecule has 2 fully saturated rings. The van der Waals surface area contributed by atoms with Crippen LogP contribution in [0.5, 0.6) is 0 Å². The SMILES string of the molecule is CNC1CCC(C(=O)N2CCC(C)(C)CC2)CC1. The molecule has 1 saturated carbocycles. The van der Waals surface area contributed by atoms with E-state index in [0.717, 1.165) is 51.6 Å². The second-order valence-electron chi connectivity index (χ2n) is 6.83. The second kappa shape index (κ2) is 5.60. The Morgan fingerprint density at radius 1 is 1.11 bits per heavy atom. The predicted molar refractivity (Wildman–Crippen MR) is 74.4 cm³/mol. The molecule has 1 aliphatic carbocycles. The molecule has 1 heterocycles. The van der Waals surface area contributed by atoms with Crippen LogP contribution in [0.4, 0.5) is 0 Å². The third kappa shape index (κ3) is 3.25. The average molecular weight is 252 g/mol. The lowest BCUT2D eigenvalue weighted by atomic mass is 9.81. The van der Waals surface area contributed by atoms with Crippen molar-refractivity contribution < 1.29 is 4.79 Å². The van der Waals surface area contributed by atoms with E-state index in [-0.39, 0.29) is 0 Å². The van der Waals surface area contributed by atoms with Crippen molar-refractivity contribution in [2.75, 3.05) is 20.1 Å². The van der Waals surface area contributed by atoms with E-state index in [4.69, 9.17) is 0 Å². The van der Waals surface area contributed by atoms with Crippen LogP contribution in [-0.4, -0.2) is 37.0 Å². The Hall–Kier alpha value is -0.570. The summed E-state index contributed by atoms with van der Waals surface area (Å²) in [5.41, 5.74) is 0.431. The van der Waals surface area contributed by atoms with Gasteiger partial charge in [-0.05, 0) is 51.0 Å². The third-order valence-corrected chi connectivity index (χ3v) is 4.91. The van der Waals surface area contributed by atoms with Crippen molar-refractivity contribution in [1.82, 2.24) is 10.2 Å². The summed E-state index contributed by atoms with van der Waals surface area (Å²) >= 11 is 0. The van der Waals surface area contributed by atoms with E-state index in [9.17, 15) is 4.79 Å². The highest BCUT2D eigenvalue weighted by molar-refractivity contribution is 5.79. The van der Waals surface area contributed by atoms with E-state index in [2.05, 4.69) is 24.1 Å². The maximum atomic E-state index is 12.5. The summed E-state index contributed by atoms with van der Waals surface area (Å²) in [7, 11) is 2.03. The molecule has 104 valence electrons. The lowest BCUT2D eigenvalue weighted by Crippen LogP contribution is -2.45. The Balaban J connectivity index is 1.82. The number of carbonyl (C=O) groups excluding carboxylic acids is 1. The molecular weight excluding hydrogens is 224 g/mol. The standard InChI is InChI=1S/C15H28N2O/c1-15(2)8-10-17(11-9-15)14(18)12-4-6-13(16-3)7-5-12/h12-13,16H,4-11H2,1-3H3. The zero-order valence-electron chi connectivity index (χ0n) is 12.2. The Kier molecular flexibility index (Phi) is 4.31. The van der Waals surface area contributed by atoms with Gasteiger partial charge in [0, 0.05) is 25.0 Å². The number of piperidine rings is 1. The van der Waals surface area contributed by atoms with Crippen molar-refractivity contribution in [3.8, 4) is 0 Å². The fraction of sp³-hybridized carbons (Fsp3) is 0.933. The monoisotopic (exact) mass is 252 g/mol. The van der Waals surface area contributed by atoms with Gasteiger partial charge >= 0.3 is 0 Å². The Labute approximate surface area is 111 Å². The number of likely N-dealkylation sites (tertiary alicyclic amines) is 1. The number of hydrogen-bond acceptors (Lipinski definition) is 2. The number of hydrogen-bond donors (Lipinski definition) is 1. The summed E-state index contributed by atoms with van der Waals surface area (Å²) in [6.45, 7) is 6.56. The number of amides is 1. The van der Waals surface area contributed by atoms with Crippen molar-refractivity contribution >= 4 is 5.91 Å². The van der Waals surface area contributed by atoms with E-state index in [1.165, 1.54) is 0 Å². The van der Waals surface area contributed by atoms with Crippen LogP contribution >= 0.6 is 0 Å². The van der Waals surface area contributed by atoms with Gasteiger partial charge in [0.1, 0.15) is 0 Å². The molecule has 2 aliphatic rings. The lowest BCUT2D eigenvalue weighted by Gasteiger charge is -2.39. The van der Waals surface area contributed by atoms with Crippen LogP contribution in [0.25, 0.3) is 0 Å². The van der Waals surface area contributed by atoms with Gasteiger partial charge in [-0.2, -0.15) is 0 Å². The summed E-state index contributed by atoms with van der Waals surface area (Å²) in [5, 5.41) is 3.33. The summed E-state index contributed by atoms with van der Waals surface area (Å²) in [4.78, 5) is 14.6. The fourth-order valence-electron chi connectivity index (χ4n) is 3.22. The largest absolute Gasteiger partial charge is 0.342 e. The molecule has 3 nitrogen and oxygen atoms in total. The zero-order chi connectivity index (χ0) is 13.2. The van der Waals surface area contributed by atoms with Gasteiger partial charge < -0.3 is 10.2 Å². The highest BCUT2D eigenvalue weighted by Gasteiger charge is 2.32. The molecule has 18 heavy (non-hydrogen) atoms. The second-order valence-corrected chi connectivity index (χ2v) is 6.83. The molecule has 1 aliphatic heterocycles. The summed E-state index contributed by atoms with van der Waals surface area (Å²) < 4.78 is 0. The molecule has 0 bridgehead atoms. The van der Waals surface area contributed by atoms with Crippen molar-refractivity contribution in [2.24, 2.45) is 11.3 Å². The van der Waals surface area contributed by atoms with Gasteiger partial charge in [0.2, 0.25) is 5.91 Å².